The second-order valence-corrected chi connectivity index (χ2v) is 6.45. The normalized spacial score (nSPS) is 15.4. The maximum Gasteiger partial charge on any atom is 0.294 e. The summed E-state index contributed by atoms with van der Waals surface area (Å²) in [6.07, 6.45) is 1.65. The highest BCUT2D eigenvalue weighted by Crippen LogP contribution is 2.32. The minimum Gasteiger partial charge on any atom is -0.497 e. The van der Waals surface area contributed by atoms with Crippen molar-refractivity contribution in [1.29, 1.82) is 0 Å². The summed E-state index contributed by atoms with van der Waals surface area (Å²) in [7, 11) is 1.55. The summed E-state index contributed by atoms with van der Waals surface area (Å²) in [5, 5.41) is 2.20. The fraction of sp³-hybridized carbons (Fsp3) is 0.105. The Kier molecular flexibility index (Phi) is 5.38. The Bertz CT molecular complexity index is 863. The Morgan fingerprint density at radius 1 is 1.12 bits per heavy atom. The van der Waals surface area contributed by atoms with Gasteiger partial charge < -0.3 is 10.1 Å². The first kappa shape index (κ1) is 17.8. The number of amides is 3. The minimum absolute atomic E-state index is 0.304. The Morgan fingerprint density at radius 3 is 2.46 bits per heavy atom. The van der Waals surface area contributed by atoms with Crippen LogP contribution < -0.4 is 10.1 Å². The predicted octanol–water partition coefficient (Wildman–Crippen LogP) is 3.37. The van der Waals surface area contributed by atoms with Gasteiger partial charge in [-0.1, -0.05) is 30.3 Å². The number of ether oxygens (including phenoxy) is 1. The van der Waals surface area contributed by atoms with E-state index in [9.17, 15) is 14.4 Å². The maximum atomic E-state index is 12.4. The summed E-state index contributed by atoms with van der Waals surface area (Å²) >= 11 is 0.832. The highest BCUT2D eigenvalue weighted by atomic mass is 32.2. The summed E-state index contributed by atoms with van der Waals surface area (Å²) in [6, 6.07) is 16.0. The number of imide groups is 1. The lowest BCUT2D eigenvalue weighted by Gasteiger charge is -2.12. The Balaban J connectivity index is 1.65. The largest absolute Gasteiger partial charge is 0.497 e. The third-order valence-corrected chi connectivity index (χ3v) is 4.55. The molecule has 1 N–H and O–H groups in total. The molecule has 0 radical (unpaired) electrons. The summed E-state index contributed by atoms with van der Waals surface area (Å²) in [4.78, 5) is 37.9. The summed E-state index contributed by atoms with van der Waals surface area (Å²) < 4.78 is 5.05. The lowest BCUT2D eigenvalue weighted by molar-refractivity contribution is -0.127. The van der Waals surface area contributed by atoms with Crippen molar-refractivity contribution in [3.05, 3.63) is 65.1 Å². The van der Waals surface area contributed by atoms with Crippen LogP contribution in [0.15, 0.2) is 59.5 Å². The molecule has 0 atom stereocenters. The van der Waals surface area contributed by atoms with Crippen LogP contribution in [0.1, 0.15) is 5.56 Å². The van der Waals surface area contributed by atoms with E-state index in [-0.39, 0.29) is 6.54 Å². The third kappa shape index (κ3) is 4.12. The molecule has 0 spiro atoms. The highest BCUT2D eigenvalue weighted by Gasteiger charge is 2.36. The molecule has 0 bridgehead atoms. The van der Waals surface area contributed by atoms with Crippen LogP contribution in [0.25, 0.3) is 6.08 Å². The Hall–Kier alpha value is -3.06. The molecule has 1 aliphatic rings. The van der Waals surface area contributed by atoms with E-state index in [2.05, 4.69) is 5.32 Å². The molecule has 132 valence electrons. The number of anilines is 1. The van der Waals surface area contributed by atoms with Crippen LogP contribution in [-0.2, 0) is 9.59 Å². The van der Waals surface area contributed by atoms with E-state index >= 15 is 0 Å². The van der Waals surface area contributed by atoms with Gasteiger partial charge in [-0.05, 0) is 47.7 Å². The fourth-order valence-electron chi connectivity index (χ4n) is 2.36. The summed E-state index contributed by atoms with van der Waals surface area (Å²) in [5.41, 5.74) is 1.38. The zero-order valence-electron chi connectivity index (χ0n) is 14.0. The van der Waals surface area contributed by atoms with E-state index in [1.165, 1.54) is 0 Å². The van der Waals surface area contributed by atoms with E-state index in [0.29, 0.717) is 16.3 Å². The number of nitrogens with one attached hydrogen (secondary N) is 1. The molecule has 0 unspecified atom stereocenters. The number of nitrogens with zero attached hydrogens (tertiary/aromatic N) is 1. The molecular weight excluding hydrogens is 352 g/mol. The number of hydrogen-bond donors (Lipinski definition) is 1. The van der Waals surface area contributed by atoms with Gasteiger partial charge in [-0.25, -0.2) is 0 Å². The van der Waals surface area contributed by atoms with Gasteiger partial charge in [-0.3, -0.25) is 19.3 Å². The molecule has 0 aromatic heterocycles. The summed E-state index contributed by atoms with van der Waals surface area (Å²) in [5.74, 6) is -0.243. The number of rotatable bonds is 5. The molecule has 3 rings (SSSR count). The van der Waals surface area contributed by atoms with E-state index in [1.54, 1.807) is 37.5 Å². The molecule has 2 aromatic carbocycles. The number of benzene rings is 2. The van der Waals surface area contributed by atoms with Gasteiger partial charge >= 0.3 is 0 Å². The van der Waals surface area contributed by atoms with Crippen molar-refractivity contribution in [3.63, 3.8) is 0 Å². The SMILES string of the molecule is COc1ccc(NC(=O)CN2C(=O)S/C(=C/c3ccccc3)C2=O)cc1. The first-order chi connectivity index (χ1) is 12.6. The van der Waals surface area contributed by atoms with Crippen molar-refractivity contribution in [2.24, 2.45) is 0 Å². The molecule has 1 saturated heterocycles. The van der Waals surface area contributed by atoms with Crippen molar-refractivity contribution in [1.82, 2.24) is 4.90 Å². The molecular formula is C19H16N2O4S. The third-order valence-electron chi connectivity index (χ3n) is 3.65. The van der Waals surface area contributed by atoms with Gasteiger partial charge in [0.25, 0.3) is 11.1 Å². The molecule has 0 aliphatic carbocycles. The molecule has 3 amide bonds. The number of hydrogen-bond acceptors (Lipinski definition) is 5. The van der Waals surface area contributed by atoms with Crippen LogP contribution in [0, 0.1) is 0 Å². The van der Waals surface area contributed by atoms with Gasteiger partial charge in [0, 0.05) is 5.69 Å². The molecule has 2 aromatic rings. The molecule has 6 nitrogen and oxygen atoms in total. The first-order valence-corrected chi connectivity index (χ1v) is 8.63. The van der Waals surface area contributed by atoms with Crippen molar-refractivity contribution in [2.75, 3.05) is 19.0 Å². The van der Waals surface area contributed by atoms with Crippen LogP contribution >= 0.6 is 11.8 Å². The van der Waals surface area contributed by atoms with Gasteiger partial charge in [-0.15, -0.1) is 0 Å². The standard InChI is InChI=1S/C19H16N2O4S/c1-25-15-9-7-14(8-10-15)20-17(22)12-21-18(23)16(26-19(21)24)11-13-5-3-2-4-6-13/h2-11H,12H2,1H3,(H,20,22)/b16-11+. The molecule has 1 aliphatic heterocycles. The van der Waals surface area contributed by atoms with Crippen molar-refractivity contribution in [3.8, 4) is 5.75 Å². The number of methoxy groups -OCH3 is 1. The minimum atomic E-state index is -0.464. The average molecular weight is 368 g/mol. The monoisotopic (exact) mass is 368 g/mol. The van der Waals surface area contributed by atoms with E-state index in [1.807, 2.05) is 30.3 Å². The predicted molar refractivity (Wildman–Crippen MR) is 101 cm³/mol. The summed E-state index contributed by atoms with van der Waals surface area (Å²) in [6.45, 7) is -0.331. The number of carbonyl (C=O) groups excluding carboxylic acids is 3. The van der Waals surface area contributed by atoms with Crippen molar-refractivity contribution < 1.29 is 19.1 Å². The van der Waals surface area contributed by atoms with Crippen molar-refractivity contribution >= 4 is 40.6 Å². The zero-order chi connectivity index (χ0) is 18.5. The Labute approximate surface area is 154 Å². The first-order valence-electron chi connectivity index (χ1n) is 7.81. The second-order valence-electron chi connectivity index (χ2n) is 5.46. The van der Waals surface area contributed by atoms with Crippen LogP contribution in [0.2, 0.25) is 0 Å². The highest BCUT2D eigenvalue weighted by molar-refractivity contribution is 8.18. The van der Waals surface area contributed by atoms with Gasteiger partial charge in [0.2, 0.25) is 5.91 Å². The molecule has 1 fully saturated rings. The Morgan fingerprint density at radius 2 is 1.81 bits per heavy atom. The van der Waals surface area contributed by atoms with Crippen LogP contribution in [0.3, 0.4) is 0 Å². The van der Waals surface area contributed by atoms with Crippen LogP contribution in [-0.4, -0.2) is 35.6 Å². The van der Waals surface area contributed by atoms with Gasteiger partial charge in [-0.2, -0.15) is 0 Å². The second kappa shape index (κ2) is 7.88. The number of carbonyl (C=O) groups is 3. The molecule has 0 saturated carbocycles. The van der Waals surface area contributed by atoms with Crippen molar-refractivity contribution in [2.45, 2.75) is 0 Å². The molecule has 1 heterocycles. The van der Waals surface area contributed by atoms with Gasteiger partial charge in [0.05, 0.1) is 12.0 Å². The van der Waals surface area contributed by atoms with E-state index < -0.39 is 17.1 Å². The van der Waals surface area contributed by atoms with Gasteiger partial charge in [0.15, 0.2) is 0 Å². The topological polar surface area (TPSA) is 75.7 Å². The smallest absolute Gasteiger partial charge is 0.294 e. The molecule has 7 heteroatoms. The molecule has 26 heavy (non-hydrogen) atoms. The zero-order valence-corrected chi connectivity index (χ0v) is 14.8. The quantitative estimate of drug-likeness (QED) is 0.819. The fourth-order valence-corrected chi connectivity index (χ4v) is 3.19. The number of thioether (sulfide) groups is 1. The van der Waals surface area contributed by atoms with E-state index in [0.717, 1.165) is 22.2 Å². The van der Waals surface area contributed by atoms with Crippen LogP contribution in [0.4, 0.5) is 10.5 Å². The average Bonchev–Trinajstić information content (AvgIpc) is 2.90. The van der Waals surface area contributed by atoms with Crippen LogP contribution in [0.5, 0.6) is 5.75 Å². The lowest BCUT2D eigenvalue weighted by atomic mass is 10.2. The maximum absolute atomic E-state index is 12.4. The van der Waals surface area contributed by atoms with Gasteiger partial charge in [0.1, 0.15) is 12.3 Å². The lowest BCUT2D eigenvalue weighted by Crippen LogP contribution is -2.36. The van der Waals surface area contributed by atoms with E-state index in [4.69, 9.17) is 4.74 Å².